The summed E-state index contributed by atoms with van der Waals surface area (Å²) in [5, 5.41) is 0. The molecular weight excluding hydrogens is 246 g/mol. The van der Waals surface area contributed by atoms with Gasteiger partial charge in [-0.05, 0) is 31.8 Å². The minimum absolute atomic E-state index is 0.292. The zero-order valence-electron chi connectivity index (χ0n) is 11.5. The maximum absolute atomic E-state index is 11.9. The van der Waals surface area contributed by atoms with Crippen molar-refractivity contribution in [1.82, 2.24) is 4.90 Å². The molecule has 0 radical (unpaired) electrons. The van der Waals surface area contributed by atoms with Gasteiger partial charge in [-0.25, -0.2) is 4.79 Å². The first-order valence-electron chi connectivity index (χ1n) is 6.27. The van der Waals surface area contributed by atoms with Crippen molar-refractivity contribution in [2.24, 2.45) is 0 Å². The Morgan fingerprint density at radius 3 is 2.58 bits per heavy atom. The van der Waals surface area contributed by atoms with Crippen LogP contribution >= 0.6 is 0 Å². The van der Waals surface area contributed by atoms with Crippen LogP contribution in [0.15, 0.2) is 18.2 Å². The fraction of sp³-hybridized carbons (Fsp3) is 0.500. The van der Waals surface area contributed by atoms with E-state index in [-0.39, 0.29) is 5.97 Å². The Balaban J connectivity index is 2.33. The van der Waals surface area contributed by atoms with Crippen LogP contribution in [0.2, 0.25) is 0 Å². The number of hydrogen-bond donors (Lipinski definition) is 0. The number of hydrogen-bond acceptors (Lipinski definition) is 5. The third kappa shape index (κ3) is 2.98. The number of carbonyl (C=O) groups excluding carboxylic acids is 1. The summed E-state index contributed by atoms with van der Waals surface area (Å²) in [4.78, 5) is 13.7. The van der Waals surface area contributed by atoms with Gasteiger partial charge < -0.3 is 14.2 Å². The normalized spacial score (nSPS) is 15.8. The highest BCUT2D eigenvalue weighted by Crippen LogP contribution is 2.33. The second-order valence-corrected chi connectivity index (χ2v) is 4.65. The predicted octanol–water partition coefficient (Wildman–Crippen LogP) is 1.62. The fourth-order valence-corrected chi connectivity index (χ4v) is 2.11. The largest absolute Gasteiger partial charge is 0.490 e. The molecule has 5 heteroatoms. The molecule has 1 aromatic carbocycles. The maximum atomic E-state index is 11.9. The first kappa shape index (κ1) is 13.7. The van der Waals surface area contributed by atoms with Crippen LogP contribution in [-0.2, 0) is 9.53 Å². The van der Waals surface area contributed by atoms with E-state index in [9.17, 15) is 4.79 Å². The molecule has 0 fully saturated rings. The highest BCUT2D eigenvalue weighted by molar-refractivity contribution is 5.77. The number of methoxy groups -OCH3 is 1. The maximum Gasteiger partial charge on any atom is 0.327 e. The quantitative estimate of drug-likeness (QED) is 0.777. The second-order valence-electron chi connectivity index (χ2n) is 4.65. The molecule has 1 heterocycles. The number of ether oxygens (including phenoxy) is 3. The topological polar surface area (TPSA) is 48.0 Å². The summed E-state index contributed by atoms with van der Waals surface area (Å²) in [6.45, 7) is 1.28. The van der Waals surface area contributed by atoms with Crippen molar-refractivity contribution in [3.63, 3.8) is 0 Å². The van der Waals surface area contributed by atoms with E-state index >= 15 is 0 Å². The lowest BCUT2D eigenvalue weighted by Gasteiger charge is -2.22. The van der Waals surface area contributed by atoms with Gasteiger partial charge in [0, 0.05) is 6.42 Å². The Bertz CT molecular complexity index is 459. The Morgan fingerprint density at radius 1 is 1.26 bits per heavy atom. The molecule has 19 heavy (non-hydrogen) atoms. The van der Waals surface area contributed by atoms with Gasteiger partial charge in [-0.15, -0.1) is 0 Å². The number of nitrogens with zero attached hydrogens (tertiary/aromatic N) is 1. The number of likely N-dealkylation sites (N-methyl/N-ethyl adjacent to an activating group) is 1. The Kier molecular flexibility index (Phi) is 4.27. The summed E-state index contributed by atoms with van der Waals surface area (Å²) < 4.78 is 16.1. The van der Waals surface area contributed by atoms with Gasteiger partial charge in [0.1, 0.15) is 6.04 Å². The molecule has 1 unspecified atom stereocenters. The van der Waals surface area contributed by atoms with E-state index in [0.29, 0.717) is 19.0 Å². The summed E-state index contributed by atoms with van der Waals surface area (Å²) >= 11 is 0. The van der Waals surface area contributed by atoms with Crippen molar-refractivity contribution in [3.8, 4) is 11.5 Å². The third-order valence-electron chi connectivity index (χ3n) is 3.03. The van der Waals surface area contributed by atoms with Crippen LogP contribution in [0.5, 0.6) is 11.5 Å². The SMILES string of the molecule is COC(=O)C(c1ccc2c(c1)OCCCO2)N(C)C. The summed E-state index contributed by atoms with van der Waals surface area (Å²) in [6.07, 6.45) is 0.859. The molecule has 0 spiro atoms. The highest BCUT2D eigenvalue weighted by atomic mass is 16.5. The molecule has 1 atom stereocenters. The Labute approximate surface area is 113 Å². The van der Waals surface area contributed by atoms with Crippen molar-refractivity contribution in [3.05, 3.63) is 23.8 Å². The summed E-state index contributed by atoms with van der Waals surface area (Å²) in [6, 6.07) is 5.12. The van der Waals surface area contributed by atoms with Crippen LogP contribution in [0, 0.1) is 0 Å². The smallest absolute Gasteiger partial charge is 0.327 e. The summed E-state index contributed by atoms with van der Waals surface area (Å²) in [5.74, 6) is 1.12. The molecule has 0 amide bonds. The molecule has 0 aromatic heterocycles. The minimum Gasteiger partial charge on any atom is -0.490 e. The average Bonchev–Trinajstić information content (AvgIpc) is 2.63. The molecule has 0 saturated heterocycles. The van der Waals surface area contributed by atoms with Crippen molar-refractivity contribution in [2.75, 3.05) is 34.4 Å². The van der Waals surface area contributed by atoms with Crippen molar-refractivity contribution < 1.29 is 19.0 Å². The van der Waals surface area contributed by atoms with Crippen molar-refractivity contribution >= 4 is 5.97 Å². The molecule has 0 N–H and O–H groups in total. The van der Waals surface area contributed by atoms with Crippen molar-refractivity contribution in [2.45, 2.75) is 12.5 Å². The second kappa shape index (κ2) is 5.93. The van der Waals surface area contributed by atoms with E-state index < -0.39 is 6.04 Å². The van der Waals surface area contributed by atoms with Crippen LogP contribution in [-0.4, -0.2) is 45.3 Å². The molecule has 1 aliphatic heterocycles. The van der Waals surface area contributed by atoms with Crippen molar-refractivity contribution in [1.29, 1.82) is 0 Å². The lowest BCUT2D eigenvalue weighted by molar-refractivity contribution is -0.146. The zero-order chi connectivity index (χ0) is 13.8. The fourth-order valence-electron chi connectivity index (χ4n) is 2.11. The standard InChI is InChI=1S/C14H19NO4/c1-15(2)13(14(16)17-3)10-5-6-11-12(9-10)19-8-4-7-18-11/h5-6,9,13H,4,7-8H2,1-3H3. The minimum atomic E-state index is -0.442. The van der Waals surface area contributed by atoms with Gasteiger partial charge in [0.25, 0.3) is 0 Å². The molecule has 5 nitrogen and oxygen atoms in total. The first-order chi connectivity index (χ1) is 9.13. The number of rotatable bonds is 3. The molecular formula is C14H19NO4. The molecule has 2 rings (SSSR count). The number of fused-ring (bicyclic) bond motifs is 1. The zero-order valence-corrected chi connectivity index (χ0v) is 11.5. The van der Waals surface area contributed by atoms with Gasteiger partial charge >= 0.3 is 5.97 Å². The van der Waals surface area contributed by atoms with Gasteiger partial charge in [-0.1, -0.05) is 6.07 Å². The van der Waals surface area contributed by atoms with E-state index in [2.05, 4.69) is 0 Å². The number of esters is 1. The molecule has 1 aliphatic rings. The third-order valence-corrected chi connectivity index (χ3v) is 3.03. The number of benzene rings is 1. The number of carbonyl (C=O) groups is 1. The van der Waals surface area contributed by atoms with E-state index in [0.717, 1.165) is 17.7 Å². The molecule has 0 bridgehead atoms. The van der Waals surface area contributed by atoms with Gasteiger partial charge in [-0.2, -0.15) is 0 Å². The Morgan fingerprint density at radius 2 is 1.95 bits per heavy atom. The lowest BCUT2D eigenvalue weighted by Crippen LogP contribution is -2.28. The van der Waals surface area contributed by atoms with E-state index in [1.165, 1.54) is 7.11 Å². The van der Waals surface area contributed by atoms with E-state index in [1.54, 1.807) is 0 Å². The first-order valence-corrected chi connectivity index (χ1v) is 6.27. The van der Waals surface area contributed by atoms with E-state index in [4.69, 9.17) is 14.2 Å². The van der Waals surface area contributed by atoms with Crippen LogP contribution in [0.3, 0.4) is 0 Å². The van der Waals surface area contributed by atoms with Gasteiger partial charge in [0.05, 0.1) is 20.3 Å². The summed E-state index contributed by atoms with van der Waals surface area (Å²) in [7, 11) is 5.07. The molecule has 0 saturated carbocycles. The van der Waals surface area contributed by atoms with Crippen LogP contribution in [0.4, 0.5) is 0 Å². The van der Waals surface area contributed by atoms with Gasteiger partial charge in [0.2, 0.25) is 0 Å². The Hall–Kier alpha value is -1.75. The monoisotopic (exact) mass is 265 g/mol. The van der Waals surface area contributed by atoms with E-state index in [1.807, 2.05) is 37.2 Å². The molecule has 0 aliphatic carbocycles. The lowest BCUT2D eigenvalue weighted by atomic mass is 10.1. The van der Waals surface area contributed by atoms with Gasteiger partial charge in [-0.3, -0.25) is 4.90 Å². The highest BCUT2D eigenvalue weighted by Gasteiger charge is 2.25. The average molecular weight is 265 g/mol. The van der Waals surface area contributed by atoms with Crippen LogP contribution in [0.1, 0.15) is 18.0 Å². The van der Waals surface area contributed by atoms with Crippen LogP contribution in [0.25, 0.3) is 0 Å². The molecule has 1 aromatic rings. The van der Waals surface area contributed by atoms with Crippen LogP contribution < -0.4 is 9.47 Å². The van der Waals surface area contributed by atoms with Gasteiger partial charge in [0.15, 0.2) is 11.5 Å². The molecule has 104 valence electrons. The summed E-state index contributed by atoms with van der Waals surface area (Å²) in [5.41, 5.74) is 0.834. The predicted molar refractivity (Wildman–Crippen MR) is 70.5 cm³/mol.